The van der Waals surface area contributed by atoms with Crippen molar-refractivity contribution in [2.45, 2.75) is 13.3 Å². The van der Waals surface area contributed by atoms with Crippen molar-refractivity contribution in [2.75, 3.05) is 37.6 Å². The number of Topliss-reactive ketones (excluding diaryl/α,β-unsaturated/α-hetero) is 1. The lowest BCUT2D eigenvalue weighted by molar-refractivity contribution is 0.0962. The maximum Gasteiger partial charge on any atom is 0.167 e. The number of pyridine rings is 1. The highest BCUT2D eigenvalue weighted by Gasteiger charge is 2.20. The lowest BCUT2D eigenvalue weighted by Crippen LogP contribution is -2.46. The smallest absolute Gasteiger partial charge is 0.167 e. The molecule has 1 aliphatic heterocycles. The number of nitrogens with zero attached hydrogens (tertiary/aromatic N) is 5. The third-order valence-corrected chi connectivity index (χ3v) is 5.61. The topological polar surface area (TPSA) is 54.3 Å². The molecule has 8 heteroatoms. The van der Waals surface area contributed by atoms with Crippen LogP contribution in [0.25, 0.3) is 5.82 Å². The molecular formula is C22H25Cl2N5O. The zero-order chi connectivity index (χ0) is 20.2. The van der Waals surface area contributed by atoms with Crippen molar-refractivity contribution in [3.63, 3.8) is 0 Å². The van der Waals surface area contributed by atoms with E-state index >= 15 is 0 Å². The first-order valence-electron chi connectivity index (χ1n) is 9.84. The third-order valence-electron chi connectivity index (χ3n) is 5.38. The normalized spacial score (nSPS) is 14.4. The molecule has 30 heavy (non-hydrogen) atoms. The van der Waals surface area contributed by atoms with E-state index in [2.05, 4.69) is 25.9 Å². The molecule has 3 heterocycles. The second-order valence-corrected chi connectivity index (χ2v) is 7.66. The van der Waals surface area contributed by atoms with E-state index in [0.717, 1.165) is 54.9 Å². The van der Waals surface area contributed by atoms with Gasteiger partial charge in [0.1, 0.15) is 0 Å². The van der Waals surface area contributed by atoms with E-state index in [1.807, 2.05) is 43.3 Å². The molecule has 1 fully saturated rings. The minimum atomic E-state index is 0. The fraction of sp³-hybridized carbons (Fsp3) is 0.318. The van der Waals surface area contributed by atoms with Crippen molar-refractivity contribution < 1.29 is 4.79 Å². The first kappa shape index (κ1) is 22.3. The zero-order valence-electron chi connectivity index (χ0n) is 16.9. The number of hydrogen-bond acceptors (Lipinski definition) is 5. The number of carbonyl (C=O) groups is 1. The van der Waals surface area contributed by atoms with E-state index in [9.17, 15) is 4.79 Å². The van der Waals surface area contributed by atoms with Gasteiger partial charge < -0.3 is 4.90 Å². The number of hydrogen-bond donors (Lipinski definition) is 0. The largest absolute Gasteiger partial charge is 0.369 e. The average Bonchev–Trinajstić information content (AvgIpc) is 3.14. The molecule has 1 saturated heterocycles. The van der Waals surface area contributed by atoms with Crippen molar-refractivity contribution in [1.29, 1.82) is 0 Å². The van der Waals surface area contributed by atoms with Gasteiger partial charge in [0.05, 0.1) is 17.5 Å². The van der Waals surface area contributed by atoms with Gasteiger partial charge in [-0.1, -0.05) is 23.7 Å². The van der Waals surface area contributed by atoms with E-state index in [1.54, 1.807) is 17.1 Å². The molecule has 0 bridgehead atoms. The summed E-state index contributed by atoms with van der Waals surface area (Å²) >= 11 is 6.10. The number of halogens is 2. The molecule has 0 spiro atoms. The summed E-state index contributed by atoms with van der Waals surface area (Å²) in [6.45, 7) is 6.42. The number of rotatable bonds is 6. The van der Waals surface area contributed by atoms with Crippen molar-refractivity contribution in [3.8, 4) is 5.82 Å². The van der Waals surface area contributed by atoms with Gasteiger partial charge in [-0.3, -0.25) is 9.69 Å². The molecule has 0 unspecified atom stereocenters. The van der Waals surface area contributed by atoms with Gasteiger partial charge in [0.25, 0.3) is 0 Å². The van der Waals surface area contributed by atoms with E-state index < -0.39 is 0 Å². The Bertz CT molecular complexity index is 984. The van der Waals surface area contributed by atoms with Gasteiger partial charge in [0.2, 0.25) is 0 Å². The Morgan fingerprint density at radius 2 is 1.90 bits per heavy atom. The maximum absolute atomic E-state index is 12.8. The molecule has 0 radical (unpaired) electrons. The standard InChI is InChI=1S/C22H24ClN5O.ClH/c1-17-20(16-25-28(17)22-7-2-3-9-24-22)21(29)8-10-26-11-13-27(14-12-26)19-6-4-5-18(23)15-19;/h2-7,9,15-16H,8,10-14H2,1H3;1H. The van der Waals surface area contributed by atoms with E-state index in [4.69, 9.17) is 11.6 Å². The fourth-order valence-corrected chi connectivity index (χ4v) is 3.87. The van der Waals surface area contributed by atoms with Crippen molar-refractivity contribution >= 4 is 35.5 Å². The minimum Gasteiger partial charge on any atom is -0.369 e. The van der Waals surface area contributed by atoms with Crippen LogP contribution < -0.4 is 4.90 Å². The molecule has 0 saturated carbocycles. The Morgan fingerprint density at radius 1 is 1.10 bits per heavy atom. The Hall–Kier alpha value is -2.41. The minimum absolute atomic E-state index is 0. The molecule has 1 aromatic carbocycles. The van der Waals surface area contributed by atoms with Crippen LogP contribution in [0.5, 0.6) is 0 Å². The lowest BCUT2D eigenvalue weighted by Gasteiger charge is -2.36. The monoisotopic (exact) mass is 445 g/mol. The first-order valence-corrected chi connectivity index (χ1v) is 10.2. The van der Waals surface area contributed by atoms with Crippen LogP contribution in [-0.2, 0) is 0 Å². The number of benzene rings is 1. The van der Waals surface area contributed by atoms with E-state index in [-0.39, 0.29) is 18.2 Å². The average molecular weight is 446 g/mol. The summed E-state index contributed by atoms with van der Waals surface area (Å²) in [4.78, 5) is 21.7. The maximum atomic E-state index is 12.8. The lowest BCUT2D eigenvalue weighted by atomic mass is 10.1. The van der Waals surface area contributed by atoms with Gasteiger partial charge in [0.15, 0.2) is 11.6 Å². The summed E-state index contributed by atoms with van der Waals surface area (Å²) in [6.07, 6.45) is 3.87. The molecular weight excluding hydrogens is 421 g/mol. The van der Waals surface area contributed by atoms with Gasteiger partial charge in [-0.2, -0.15) is 5.10 Å². The summed E-state index contributed by atoms with van der Waals surface area (Å²) in [7, 11) is 0. The molecule has 3 aromatic rings. The van der Waals surface area contributed by atoms with Crippen LogP contribution in [0, 0.1) is 6.92 Å². The van der Waals surface area contributed by atoms with Gasteiger partial charge in [-0.05, 0) is 37.3 Å². The van der Waals surface area contributed by atoms with Crippen LogP contribution in [-0.4, -0.2) is 58.2 Å². The van der Waals surface area contributed by atoms with Crippen LogP contribution in [0.15, 0.2) is 54.9 Å². The van der Waals surface area contributed by atoms with Crippen LogP contribution in [0.3, 0.4) is 0 Å². The number of ketones is 1. The molecule has 158 valence electrons. The Morgan fingerprint density at radius 3 is 2.60 bits per heavy atom. The van der Waals surface area contributed by atoms with Crippen molar-refractivity contribution in [2.24, 2.45) is 0 Å². The third kappa shape index (κ3) is 5.01. The Balaban J connectivity index is 0.00000256. The van der Waals surface area contributed by atoms with E-state index in [0.29, 0.717) is 12.0 Å². The van der Waals surface area contributed by atoms with Gasteiger partial charge in [-0.25, -0.2) is 9.67 Å². The SMILES string of the molecule is Cc1c(C(=O)CCN2CCN(c3cccc(Cl)c3)CC2)cnn1-c1ccccn1.Cl. The molecule has 1 aliphatic rings. The summed E-state index contributed by atoms with van der Waals surface area (Å²) in [5, 5.41) is 5.12. The van der Waals surface area contributed by atoms with Crippen LogP contribution in [0.1, 0.15) is 22.5 Å². The summed E-state index contributed by atoms with van der Waals surface area (Å²) < 4.78 is 1.72. The predicted octanol–water partition coefficient (Wildman–Crippen LogP) is 4.05. The highest BCUT2D eigenvalue weighted by molar-refractivity contribution is 6.30. The predicted molar refractivity (Wildman–Crippen MR) is 122 cm³/mol. The molecule has 0 amide bonds. The van der Waals surface area contributed by atoms with Gasteiger partial charge in [-0.15, -0.1) is 12.4 Å². The van der Waals surface area contributed by atoms with Gasteiger partial charge >= 0.3 is 0 Å². The quantitative estimate of drug-likeness (QED) is 0.535. The summed E-state index contributed by atoms with van der Waals surface area (Å²) in [6, 6.07) is 13.6. The molecule has 0 aliphatic carbocycles. The molecule has 0 atom stereocenters. The highest BCUT2D eigenvalue weighted by atomic mass is 35.5. The first-order chi connectivity index (χ1) is 14.1. The van der Waals surface area contributed by atoms with Crippen LogP contribution in [0.4, 0.5) is 5.69 Å². The molecule has 6 nitrogen and oxygen atoms in total. The van der Waals surface area contributed by atoms with E-state index in [1.165, 1.54) is 0 Å². The highest BCUT2D eigenvalue weighted by Crippen LogP contribution is 2.21. The second-order valence-electron chi connectivity index (χ2n) is 7.23. The molecule has 4 rings (SSSR count). The number of piperazine rings is 1. The van der Waals surface area contributed by atoms with Crippen LogP contribution >= 0.6 is 24.0 Å². The number of anilines is 1. The van der Waals surface area contributed by atoms with Gasteiger partial charge in [0, 0.05) is 56.1 Å². The summed E-state index contributed by atoms with van der Waals surface area (Å²) in [5.74, 6) is 0.850. The van der Waals surface area contributed by atoms with Crippen LogP contribution in [0.2, 0.25) is 5.02 Å². The Kier molecular flexibility index (Phi) is 7.48. The molecule has 0 N–H and O–H groups in total. The fourth-order valence-electron chi connectivity index (χ4n) is 3.69. The van der Waals surface area contributed by atoms with Crippen molar-refractivity contribution in [3.05, 3.63) is 71.1 Å². The zero-order valence-corrected chi connectivity index (χ0v) is 18.4. The molecule has 2 aromatic heterocycles. The number of carbonyl (C=O) groups excluding carboxylic acids is 1. The number of aromatic nitrogens is 3. The Labute approximate surface area is 187 Å². The van der Waals surface area contributed by atoms with Crippen molar-refractivity contribution in [1.82, 2.24) is 19.7 Å². The second kappa shape index (κ2) is 10.1. The summed E-state index contributed by atoms with van der Waals surface area (Å²) in [5.41, 5.74) is 2.67.